The number of halogens is 2. The zero-order chi connectivity index (χ0) is 9.59. The fourth-order valence-corrected chi connectivity index (χ4v) is 1.95. The molecule has 0 fully saturated rings. The van der Waals surface area contributed by atoms with E-state index in [0.717, 1.165) is 0 Å². The third kappa shape index (κ3) is 1.17. The van der Waals surface area contributed by atoms with Gasteiger partial charge in [-0.25, -0.2) is 4.39 Å². The van der Waals surface area contributed by atoms with Crippen LogP contribution in [0.15, 0.2) is 6.07 Å². The van der Waals surface area contributed by atoms with E-state index < -0.39 is 0 Å². The Morgan fingerprint density at radius 1 is 1.46 bits per heavy atom. The summed E-state index contributed by atoms with van der Waals surface area (Å²) < 4.78 is 13.3. The Hall–Kier alpha value is -0.890. The van der Waals surface area contributed by atoms with E-state index in [0.29, 0.717) is 34.6 Å². The Kier molecular flexibility index (Phi) is 1.88. The topological polar surface area (TPSA) is 17.1 Å². The summed E-state index contributed by atoms with van der Waals surface area (Å²) in [4.78, 5) is 11.4. The number of Topliss-reactive ketones (excluding diaryl/α,β-unsaturated/α-hetero) is 1. The lowest BCUT2D eigenvalue weighted by atomic mass is 10.0. The van der Waals surface area contributed by atoms with E-state index in [9.17, 15) is 9.18 Å². The van der Waals surface area contributed by atoms with Crippen LogP contribution >= 0.6 is 11.6 Å². The second kappa shape index (κ2) is 2.81. The molecular formula is C10H8ClFO. The largest absolute Gasteiger partial charge is 0.294 e. The molecule has 1 aromatic rings. The molecule has 68 valence electrons. The predicted octanol–water partition coefficient (Wildman–Crippen LogP) is 2.92. The Bertz CT molecular complexity index is 398. The van der Waals surface area contributed by atoms with Gasteiger partial charge in [0.05, 0.1) is 0 Å². The number of hydrogen-bond acceptors (Lipinski definition) is 1. The molecule has 0 aromatic heterocycles. The summed E-state index contributed by atoms with van der Waals surface area (Å²) >= 11 is 5.77. The normalized spacial score (nSPS) is 14.8. The van der Waals surface area contributed by atoms with Crippen LogP contribution in [0.2, 0.25) is 5.02 Å². The highest BCUT2D eigenvalue weighted by Crippen LogP contribution is 2.31. The Balaban J connectivity index is 2.77. The van der Waals surface area contributed by atoms with Gasteiger partial charge in [0.25, 0.3) is 0 Å². The van der Waals surface area contributed by atoms with Gasteiger partial charge in [0.15, 0.2) is 5.78 Å². The Labute approximate surface area is 80.5 Å². The molecule has 0 bridgehead atoms. The zero-order valence-electron chi connectivity index (χ0n) is 7.16. The van der Waals surface area contributed by atoms with Crippen molar-refractivity contribution < 1.29 is 9.18 Å². The molecule has 0 radical (unpaired) electrons. The first-order valence-electron chi connectivity index (χ1n) is 4.12. The van der Waals surface area contributed by atoms with E-state index in [4.69, 9.17) is 11.6 Å². The van der Waals surface area contributed by atoms with Crippen molar-refractivity contribution in [3.8, 4) is 0 Å². The van der Waals surface area contributed by atoms with Gasteiger partial charge < -0.3 is 0 Å². The van der Waals surface area contributed by atoms with Crippen molar-refractivity contribution in [1.82, 2.24) is 0 Å². The number of carbonyl (C=O) groups excluding carboxylic acids is 1. The van der Waals surface area contributed by atoms with E-state index in [1.54, 1.807) is 6.92 Å². The Morgan fingerprint density at radius 2 is 2.15 bits per heavy atom. The second-order valence-corrected chi connectivity index (χ2v) is 3.65. The number of fused-ring (bicyclic) bond motifs is 1. The maximum atomic E-state index is 13.3. The van der Waals surface area contributed by atoms with Crippen molar-refractivity contribution in [3.63, 3.8) is 0 Å². The molecule has 2 rings (SSSR count). The molecule has 1 aromatic carbocycles. The fraction of sp³-hybridized carbons (Fsp3) is 0.300. The number of carbonyl (C=O) groups is 1. The summed E-state index contributed by atoms with van der Waals surface area (Å²) in [6, 6.07) is 1.29. The van der Waals surface area contributed by atoms with E-state index in [-0.39, 0.29) is 11.6 Å². The molecule has 0 aliphatic heterocycles. The minimum atomic E-state index is -0.351. The zero-order valence-corrected chi connectivity index (χ0v) is 7.91. The summed E-state index contributed by atoms with van der Waals surface area (Å²) in [5.41, 5.74) is 1.75. The molecule has 0 N–H and O–H groups in total. The first kappa shape index (κ1) is 8.70. The summed E-state index contributed by atoms with van der Waals surface area (Å²) in [5.74, 6) is -0.342. The average molecular weight is 199 g/mol. The van der Waals surface area contributed by atoms with Gasteiger partial charge in [-0.05, 0) is 30.5 Å². The van der Waals surface area contributed by atoms with Crippen LogP contribution in [-0.4, -0.2) is 5.78 Å². The highest BCUT2D eigenvalue weighted by molar-refractivity contribution is 6.32. The van der Waals surface area contributed by atoms with Crippen LogP contribution in [0.4, 0.5) is 4.39 Å². The predicted molar refractivity (Wildman–Crippen MR) is 48.8 cm³/mol. The fourth-order valence-electron chi connectivity index (χ4n) is 1.76. The standard InChI is InChI=1S/C10H8ClFO/c1-5-7(11)4-8(12)6-2-3-9(13)10(5)6/h4H,2-3H2,1H3. The van der Waals surface area contributed by atoms with Crippen LogP contribution in [0.5, 0.6) is 0 Å². The van der Waals surface area contributed by atoms with Crippen molar-refractivity contribution in [2.75, 3.05) is 0 Å². The molecule has 0 saturated carbocycles. The molecule has 0 saturated heterocycles. The summed E-state index contributed by atoms with van der Waals surface area (Å²) in [5, 5.41) is 0.339. The molecule has 3 heteroatoms. The summed E-state index contributed by atoms with van der Waals surface area (Å²) in [7, 11) is 0. The van der Waals surface area contributed by atoms with Crippen LogP contribution in [0, 0.1) is 12.7 Å². The number of hydrogen-bond donors (Lipinski definition) is 0. The number of benzene rings is 1. The summed E-state index contributed by atoms with van der Waals surface area (Å²) in [6.07, 6.45) is 0.922. The first-order chi connectivity index (χ1) is 6.11. The maximum Gasteiger partial charge on any atom is 0.163 e. The SMILES string of the molecule is Cc1c(Cl)cc(F)c2c1C(=O)CC2. The minimum Gasteiger partial charge on any atom is -0.294 e. The third-order valence-electron chi connectivity index (χ3n) is 2.46. The second-order valence-electron chi connectivity index (χ2n) is 3.24. The van der Waals surface area contributed by atoms with Gasteiger partial charge in [-0.2, -0.15) is 0 Å². The molecule has 0 unspecified atom stereocenters. The van der Waals surface area contributed by atoms with Gasteiger partial charge in [0, 0.05) is 17.0 Å². The quantitative estimate of drug-likeness (QED) is 0.627. The third-order valence-corrected chi connectivity index (χ3v) is 2.85. The van der Waals surface area contributed by atoms with Crippen molar-refractivity contribution >= 4 is 17.4 Å². The van der Waals surface area contributed by atoms with Gasteiger partial charge in [-0.15, -0.1) is 0 Å². The summed E-state index contributed by atoms with van der Waals surface area (Å²) in [6.45, 7) is 1.75. The van der Waals surface area contributed by atoms with E-state index in [1.807, 2.05) is 0 Å². The van der Waals surface area contributed by atoms with Crippen molar-refractivity contribution in [1.29, 1.82) is 0 Å². The molecule has 1 aliphatic rings. The van der Waals surface area contributed by atoms with Crippen molar-refractivity contribution in [2.45, 2.75) is 19.8 Å². The molecule has 0 amide bonds. The molecule has 1 nitrogen and oxygen atoms in total. The molecule has 1 aliphatic carbocycles. The van der Waals surface area contributed by atoms with Crippen LogP contribution in [0.1, 0.15) is 27.9 Å². The van der Waals surface area contributed by atoms with Crippen molar-refractivity contribution in [3.05, 3.63) is 33.6 Å². The lowest BCUT2D eigenvalue weighted by Crippen LogP contribution is -1.98. The smallest absolute Gasteiger partial charge is 0.163 e. The van der Waals surface area contributed by atoms with Gasteiger partial charge in [-0.1, -0.05) is 11.6 Å². The van der Waals surface area contributed by atoms with Crippen molar-refractivity contribution in [2.24, 2.45) is 0 Å². The van der Waals surface area contributed by atoms with Crippen LogP contribution in [-0.2, 0) is 6.42 Å². The highest BCUT2D eigenvalue weighted by atomic mass is 35.5. The van der Waals surface area contributed by atoms with Crippen LogP contribution in [0.3, 0.4) is 0 Å². The van der Waals surface area contributed by atoms with E-state index in [1.165, 1.54) is 6.07 Å². The van der Waals surface area contributed by atoms with Crippen LogP contribution in [0.25, 0.3) is 0 Å². The molecular weight excluding hydrogens is 191 g/mol. The maximum absolute atomic E-state index is 13.3. The lowest BCUT2D eigenvalue weighted by Gasteiger charge is -2.05. The Morgan fingerprint density at radius 3 is 2.85 bits per heavy atom. The van der Waals surface area contributed by atoms with Gasteiger partial charge in [0.2, 0.25) is 0 Å². The number of rotatable bonds is 0. The lowest BCUT2D eigenvalue weighted by molar-refractivity contribution is 0.0994. The molecule has 0 heterocycles. The molecule has 0 atom stereocenters. The minimum absolute atomic E-state index is 0.00824. The van der Waals surface area contributed by atoms with Gasteiger partial charge in [-0.3, -0.25) is 4.79 Å². The van der Waals surface area contributed by atoms with Crippen LogP contribution < -0.4 is 0 Å². The van der Waals surface area contributed by atoms with Gasteiger partial charge >= 0.3 is 0 Å². The number of ketones is 1. The molecule has 13 heavy (non-hydrogen) atoms. The van der Waals surface area contributed by atoms with E-state index >= 15 is 0 Å². The average Bonchev–Trinajstić information content (AvgIpc) is 2.44. The highest BCUT2D eigenvalue weighted by Gasteiger charge is 2.25. The van der Waals surface area contributed by atoms with E-state index in [2.05, 4.69) is 0 Å². The first-order valence-corrected chi connectivity index (χ1v) is 4.49. The van der Waals surface area contributed by atoms with Gasteiger partial charge in [0.1, 0.15) is 5.82 Å². The molecule has 0 spiro atoms. The monoisotopic (exact) mass is 198 g/mol.